The van der Waals surface area contributed by atoms with E-state index in [0.717, 1.165) is 146 Å². The summed E-state index contributed by atoms with van der Waals surface area (Å²) in [6.45, 7) is 9.06. The number of thiocarbonyl (C=S) groups is 1. The Bertz CT molecular complexity index is 3780. The number of methoxy groups -OCH3 is 3. The van der Waals surface area contributed by atoms with Gasteiger partial charge in [-0.05, 0) is 243 Å². The van der Waals surface area contributed by atoms with Crippen LogP contribution in [0.25, 0.3) is 0 Å². The van der Waals surface area contributed by atoms with Crippen LogP contribution in [0.2, 0.25) is 0 Å². The number of nitrogens with two attached hydrogens (primary N) is 1. The second-order valence-electron chi connectivity index (χ2n) is 27.5. The van der Waals surface area contributed by atoms with E-state index in [4.69, 9.17) is 43.5 Å². The molecule has 6 saturated carbocycles. The molecule has 0 aromatic heterocycles. The molecule has 3 aliphatic heterocycles. The van der Waals surface area contributed by atoms with E-state index >= 15 is 0 Å². The van der Waals surface area contributed by atoms with Gasteiger partial charge in [-0.1, -0.05) is 95.3 Å². The number of nitrogens with zero attached hydrogens (tertiary/aromatic N) is 4. The topological polar surface area (TPSA) is 196 Å². The molecule has 9 aliphatic carbocycles. The van der Waals surface area contributed by atoms with Gasteiger partial charge in [0, 0.05) is 90.4 Å². The number of carbonyl (C=O) groups excluding carboxylic acids is 4. The van der Waals surface area contributed by atoms with Crippen molar-refractivity contribution in [3.05, 3.63) is 112 Å². The number of fused-ring (bicyclic) bond motifs is 9. The van der Waals surface area contributed by atoms with Gasteiger partial charge >= 0.3 is 109 Å². The summed E-state index contributed by atoms with van der Waals surface area (Å²) in [5, 5.41) is 8.69. The SMILES string of the molecule is CCBr.CCN1C(=O)C2(N=C1N)c1cc(C#CC3CC3)ccc1CC21CCC(OC)CC1.CCSC1=NC2(C(=O)N1CC)c1cc(C#CC3CC3)ccc1CC21CCC(OC)CC1.COC1CCC2(CC1)Cc1ccc(C#CC3CC3)cc1C21NC(=S)NC1=O.[2H]C(=O)OO[CH-]F.[K+].[K+]. The van der Waals surface area contributed by atoms with E-state index in [-0.39, 0.29) is 156 Å². The molecular formula is C76H92BrFK2N7O9S2+. The number of hydrogen-bond acceptors (Lipinski definition) is 14. The first-order valence-corrected chi connectivity index (χ1v) is 37.1. The van der Waals surface area contributed by atoms with E-state index in [1.807, 2.05) is 18.7 Å². The van der Waals surface area contributed by atoms with E-state index in [2.05, 4.69) is 140 Å². The maximum atomic E-state index is 14.2. The largest absolute Gasteiger partial charge is 1.00 e. The smallest absolute Gasteiger partial charge is 0.426 e. The molecule has 3 unspecified atom stereocenters. The minimum atomic E-state index is -1.44. The fourth-order valence-corrected chi connectivity index (χ4v) is 17.9. The zero-order valence-electron chi connectivity index (χ0n) is 59.5. The van der Waals surface area contributed by atoms with Gasteiger partial charge in [-0.25, -0.2) is 9.98 Å². The van der Waals surface area contributed by atoms with Crippen LogP contribution in [-0.4, -0.2) is 114 Å². The third-order valence-electron chi connectivity index (χ3n) is 22.1. The van der Waals surface area contributed by atoms with Gasteiger partial charge in [0.15, 0.2) is 34.2 Å². The number of thioether (sulfide) groups is 1. The molecule has 512 valence electrons. The molecule has 22 heteroatoms. The predicted octanol–water partition coefficient (Wildman–Crippen LogP) is 6.07. The van der Waals surface area contributed by atoms with E-state index < -0.39 is 23.1 Å². The zero-order valence-corrected chi connectivity index (χ0v) is 68.0. The van der Waals surface area contributed by atoms with Gasteiger partial charge in [0.05, 0.1) is 18.3 Å². The van der Waals surface area contributed by atoms with Crippen LogP contribution in [0.15, 0.2) is 64.6 Å². The van der Waals surface area contributed by atoms with Crippen molar-refractivity contribution in [3.8, 4) is 35.5 Å². The monoisotopic (exact) mass is 1490 g/mol. The molecule has 4 N–H and O–H groups in total. The van der Waals surface area contributed by atoms with Crippen LogP contribution >= 0.6 is 39.9 Å². The van der Waals surface area contributed by atoms with E-state index in [9.17, 15) is 23.6 Å². The van der Waals surface area contributed by atoms with Crippen molar-refractivity contribution in [1.29, 1.82) is 0 Å². The number of ether oxygens (including phenoxy) is 3. The summed E-state index contributed by atoms with van der Waals surface area (Å²) in [5.74, 6) is 23.2. The molecule has 7 fully saturated rings. The van der Waals surface area contributed by atoms with E-state index in [0.29, 0.717) is 48.0 Å². The number of hydrogen-bond donors (Lipinski definition) is 3. The quantitative estimate of drug-likeness (QED) is 0.0344. The van der Waals surface area contributed by atoms with Crippen LogP contribution in [0, 0.1) is 76.4 Å². The molecule has 3 aromatic rings. The molecule has 0 bridgehead atoms. The minimum absolute atomic E-state index is 0. The summed E-state index contributed by atoms with van der Waals surface area (Å²) in [6.07, 6.45) is 20.9. The summed E-state index contributed by atoms with van der Waals surface area (Å²) in [6, 6.07) is 19.3. The molecule has 98 heavy (non-hydrogen) atoms. The first kappa shape index (κ1) is 77.7. The van der Waals surface area contributed by atoms with Crippen molar-refractivity contribution in [1.82, 2.24) is 20.4 Å². The van der Waals surface area contributed by atoms with Crippen molar-refractivity contribution in [2.75, 3.05) is 45.5 Å². The normalized spacial score (nSPS) is 30.0. The number of aliphatic imine (C=N–C) groups is 2. The molecule has 15 rings (SSSR count). The first-order valence-electron chi connectivity index (χ1n) is 35.0. The van der Waals surface area contributed by atoms with Crippen LogP contribution in [0.1, 0.15) is 195 Å². The number of rotatable bonds is 8. The van der Waals surface area contributed by atoms with Crippen LogP contribution in [0.3, 0.4) is 0 Å². The summed E-state index contributed by atoms with van der Waals surface area (Å²) in [5.41, 5.74) is 13.2. The Kier molecular flexibility index (Phi) is 27.3. The van der Waals surface area contributed by atoms with Gasteiger partial charge in [0.1, 0.15) is 0 Å². The number of alkyl halides is 1. The molecule has 1 saturated heterocycles. The molecule has 3 heterocycles. The maximum Gasteiger partial charge on any atom is 1.00 e. The molecule has 3 atom stereocenters. The number of carbonyl (C=O) groups is 4. The molecule has 12 aliphatic rings. The summed E-state index contributed by atoms with van der Waals surface area (Å²) in [7, 11) is 5.37. The number of amidine groups is 1. The van der Waals surface area contributed by atoms with Crippen molar-refractivity contribution in [3.63, 3.8) is 0 Å². The Morgan fingerprint density at radius 2 is 1.04 bits per heavy atom. The first-order chi connectivity index (χ1) is 46.8. The molecule has 0 radical (unpaired) electrons. The van der Waals surface area contributed by atoms with Crippen molar-refractivity contribution >= 4 is 80.3 Å². The third kappa shape index (κ3) is 15.6. The summed E-state index contributed by atoms with van der Waals surface area (Å²) >= 11 is 10.2. The maximum absolute atomic E-state index is 14.2. The zero-order chi connectivity index (χ0) is 68.9. The van der Waals surface area contributed by atoms with Crippen molar-refractivity contribution < 1.29 is 152 Å². The van der Waals surface area contributed by atoms with Gasteiger partial charge in [-0.3, -0.25) is 29.0 Å². The Hall–Kier alpha value is -2.88. The second kappa shape index (κ2) is 34.4. The van der Waals surface area contributed by atoms with Crippen molar-refractivity contribution in [2.24, 2.45) is 49.7 Å². The summed E-state index contributed by atoms with van der Waals surface area (Å²) < 4.78 is 33.4. The van der Waals surface area contributed by atoms with Crippen LogP contribution < -0.4 is 119 Å². The van der Waals surface area contributed by atoms with Crippen LogP contribution in [0.5, 0.6) is 0 Å². The number of likely N-dealkylation sites (N-methyl/N-ethyl adjacent to an activating group) is 2. The average molecular weight is 1490 g/mol. The number of benzene rings is 3. The van der Waals surface area contributed by atoms with Crippen LogP contribution in [0.4, 0.5) is 4.39 Å². The minimum Gasteiger partial charge on any atom is -0.426 e. The van der Waals surface area contributed by atoms with Gasteiger partial charge in [0.25, 0.3) is 17.7 Å². The van der Waals surface area contributed by atoms with Gasteiger partial charge in [0.2, 0.25) is 0 Å². The molecule has 3 amide bonds. The average Bonchev–Trinajstić information content (AvgIpc) is 1.55. The number of guanidine groups is 1. The number of halogens is 2. The van der Waals surface area contributed by atoms with Crippen molar-refractivity contribution in [2.45, 2.75) is 197 Å². The van der Waals surface area contributed by atoms with E-state index in [1.165, 1.54) is 55.2 Å². The number of amides is 3. The number of nitrogens with one attached hydrogen (secondary N) is 2. The van der Waals surface area contributed by atoms with Gasteiger partial charge < -0.3 is 44.7 Å². The second-order valence-corrected chi connectivity index (χ2v) is 30.3. The summed E-state index contributed by atoms with van der Waals surface area (Å²) in [4.78, 5) is 71.0. The van der Waals surface area contributed by atoms with Crippen LogP contribution in [-0.2, 0) is 79.0 Å². The van der Waals surface area contributed by atoms with Gasteiger partial charge in [-0.15, -0.1) is 0 Å². The Labute approximate surface area is 683 Å². The van der Waals surface area contributed by atoms with Gasteiger partial charge in [-0.2, -0.15) is 0 Å². The van der Waals surface area contributed by atoms with E-state index in [1.54, 1.807) is 38.0 Å². The molecule has 3 aromatic carbocycles. The standard InChI is InChI=1S/C26H32N2O2S.C24H29N3O2.C22H24N2O2S.C2H5Br.C2H2FO3.2K/c1-4-28-23(29)26(27-24(28)31-5-2)22-16-19(9-8-18-6-7-18)10-11-20(22)17-25(26)14-12-21(30-3)13-15-25;1-3-27-21(28)24(26-22(27)25)20-14-17(7-6-16-4-5-16)8-9-18(20)15-23(24)12-10-19(29-2)11-13-23;1-26-17-8-10-21(11-9-17)13-16-7-6-15(5-4-14-2-3-14)12-18(16)22(21)19(25)23-20(27)24-22;1-2-3;3-1-5-6-2-4;;/h10-11,16,18,21H,4-7,12-15,17H2,1-3H3;8-9,14,16,19H,3-5,10-13,15H2,1-2H3,(H2,25,26);6-7,12,14,17H,2-3,8-11,13H2,1H3,(H2,23,24,25,27);2H2,1H3;1-2H;;/q;;;;-1;2*+1/i;;;;2D;;. The fraction of sp³-hybridized carbons (Fsp3) is 0.579. The predicted molar refractivity (Wildman–Crippen MR) is 378 cm³/mol. The molecule has 6 spiro atoms. The third-order valence-corrected chi connectivity index (χ3v) is 23.2. The Morgan fingerprint density at radius 3 is 1.39 bits per heavy atom. The molecular weight excluding hydrogens is 1400 g/mol. The molecule has 16 nitrogen and oxygen atoms in total. The Morgan fingerprint density at radius 1 is 0.653 bits per heavy atom. The fourth-order valence-electron chi connectivity index (χ4n) is 16.8. The Balaban J connectivity index is 0.000000161.